The van der Waals surface area contributed by atoms with Crippen molar-refractivity contribution in [3.05, 3.63) is 62.6 Å². The second-order valence-electron chi connectivity index (χ2n) is 7.71. The summed E-state index contributed by atoms with van der Waals surface area (Å²) < 4.78 is 0. The molecule has 0 aliphatic heterocycles. The average Bonchev–Trinajstić information content (AvgIpc) is 2.52. The Morgan fingerprint density at radius 1 is 1.19 bits per heavy atom. The first-order valence-corrected chi connectivity index (χ1v) is 8.60. The number of amides is 1. The van der Waals surface area contributed by atoms with Crippen molar-refractivity contribution in [3.63, 3.8) is 0 Å². The summed E-state index contributed by atoms with van der Waals surface area (Å²) >= 11 is 0. The number of aromatic amines is 1. The van der Waals surface area contributed by atoms with Crippen molar-refractivity contribution >= 4 is 17.4 Å². The third-order valence-corrected chi connectivity index (χ3v) is 4.59. The summed E-state index contributed by atoms with van der Waals surface area (Å²) in [6.45, 7) is 6.23. The topological polar surface area (TPSA) is 105 Å². The summed E-state index contributed by atoms with van der Waals surface area (Å²) in [5.41, 5.74) is 8.37. The van der Waals surface area contributed by atoms with Crippen molar-refractivity contribution in [1.29, 1.82) is 0 Å². The molecule has 26 heavy (non-hydrogen) atoms. The van der Waals surface area contributed by atoms with Crippen molar-refractivity contribution in [3.8, 4) is 0 Å². The molecule has 136 valence electrons. The predicted octanol–water partition coefficient (Wildman–Crippen LogP) is 2.55. The molecule has 1 heterocycles. The fraction of sp³-hybridized carbons (Fsp3) is 0.350. The number of ketones is 1. The number of hydrogen-bond acceptors (Lipinski definition) is 4. The minimum atomic E-state index is -0.541. The number of carbonyl (C=O) groups excluding carboxylic acids is 2. The number of H-pyrrole nitrogens is 1. The standard InChI is InChI=1S/C20H23N3O3/c1-11-4-12(10-21)6-13(5-11)22-18(25)15-7-14-16(23-19(15)26)8-20(2,3)9-17(14)24/h4-7H,8-10,21H2,1-3H3,(H,22,25)(H,23,26). The van der Waals surface area contributed by atoms with E-state index in [0.717, 1.165) is 11.1 Å². The van der Waals surface area contributed by atoms with Gasteiger partial charge in [-0.1, -0.05) is 19.9 Å². The van der Waals surface area contributed by atoms with E-state index in [1.54, 1.807) is 12.1 Å². The van der Waals surface area contributed by atoms with E-state index < -0.39 is 11.5 Å². The lowest BCUT2D eigenvalue weighted by Gasteiger charge is -2.29. The van der Waals surface area contributed by atoms with Crippen LogP contribution >= 0.6 is 0 Å². The smallest absolute Gasteiger partial charge is 0.261 e. The number of anilines is 1. The summed E-state index contributed by atoms with van der Waals surface area (Å²) in [5.74, 6) is -0.595. The molecule has 0 spiro atoms. The number of aromatic nitrogens is 1. The van der Waals surface area contributed by atoms with Crippen LogP contribution in [0, 0.1) is 12.3 Å². The van der Waals surface area contributed by atoms with Crippen LogP contribution in [0.15, 0.2) is 29.1 Å². The third kappa shape index (κ3) is 3.60. The van der Waals surface area contributed by atoms with Gasteiger partial charge in [0.2, 0.25) is 0 Å². The van der Waals surface area contributed by atoms with Gasteiger partial charge in [0, 0.05) is 29.9 Å². The number of aryl methyl sites for hydroxylation is 1. The van der Waals surface area contributed by atoms with Crippen molar-refractivity contribution in [1.82, 2.24) is 4.98 Å². The van der Waals surface area contributed by atoms with Crippen molar-refractivity contribution < 1.29 is 9.59 Å². The highest BCUT2D eigenvalue weighted by Crippen LogP contribution is 2.33. The summed E-state index contributed by atoms with van der Waals surface area (Å²) in [4.78, 5) is 40.1. The molecular formula is C20H23N3O3. The van der Waals surface area contributed by atoms with Crippen LogP contribution in [-0.2, 0) is 13.0 Å². The van der Waals surface area contributed by atoms with E-state index in [4.69, 9.17) is 5.73 Å². The van der Waals surface area contributed by atoms with E-state index in [0.29, 0.717) is 36.3 Å². The monoisotopic (exact) mass is 353 g/mol. The third-order valence-electron chi connectivity index (χ3n) is 4.59. The summed E-state index contributed by atoms with van der Waals surface area (Å²) in [7, 11) is 0. The van der Waals surface area contributed by atoms with E-state index in [2.05, 4.69) is 10.3 Å². The Labute approximate surface area is 151 Å². The van der Waals surface area contributed by atoms with Gasteiger partial charge in [-0.25, -0.2) is 0 Å². The molecule has 0 radical (unpaired) electrons. The SMILES string of the molecule is Cc1cc(CN)cc(NC(=O)c2cc3c([nH]c2=O)CC(C)(C)CC3=O)c1. The van der Waals surface area contributed by atoms with Gasteiger partial charge in [-0.3, -0.25) is 14.4 Å². The van der Waals surface area contributed by atoms with Crippen LogP contribution in [0.25, 0.3) is 0 Å². The lowest BCUT2D eigenvalue weighted by molar-refractivity contribution is 0.0910. The molecule has 1 aromatic heterocycles. The normalized spacial score (nSPS) is 15.5. The molecule has 4 N–H and O–H groups in total. The van der Waals surface area contributed by atoms with Gasteiger partial charge < -0.3 is 16.0 Å². The molecule has 1 aliphatic carbocycles. The Bertz CT molecular complexity index is 957. The zero-order chi connectivity index (χ0) is 19.1. The number of nitrogens with one attached hydrogen (secondary N) is 2. The average molecular weight is 353 g/mol. The summed E-state index contributed by atoms with van der Waals surface area (Å²) in [6.07, 6.45) is 0.994. The van der Waals surface area contributed by atoms with Crippen molar-refractivity contribution in [2.45, 2.75) is 40.2 Å². The molecule has 0 fully saturated rings. The van der Waals surface area contributed by atoms with Gasteiger partial charge in [0.05, 0.1) is 0 Å². The molecule has 1 aromatic carbocycles. The Morgan fingerprint density at radius 2 is 1.92 bits per heavy atom. The van der Waals surface area contributed by atoms with Crippen LogP contribution in [0.2, 0.25) is 0 Å². The first-order valence-electron chi connectivity index (χ1n) is 8.60. The first kappa shape index (κ1) is 18.1. The molecule has 1 aliphatic rings. The molecule has 3 rings (SSSR count). The van der Waals surface area contributed by atoms with Crippen LogP contribution in [-0.4, -0.2) is 16.7 Å². The Balaban J connectivity index is 1.94. The molecule has 0 saturated heterocycles. The molecule has 1 amide bonds. The number of carbonyl (C=O) groups is 2. The highest BCUT2D eigenvalue weighted by molar-refractivity contribution is 6.06. The molecule has 6 nitrogen and oxygen atoms in total. The molecule has 0 saturated carbocycles. The largest absolute Gasteiger partial charge is 0.326 e. The molecule has 0 bridgehead atoms. The molecule has 6 heteroatoms. The summed E-state index contributed by atoms with van der Waals surface area (Å²) in [6, 6.07) is 6.92. The fourth-order valence-corrected chi connectivity index (χ4v) is 3.45. The number of fused-ring (bicyclic) bond motifs is 1. The number of pyridine rings is 1. The van der Waals surface area contributed by atoms with Gasteiger partial charge in [-0.15, -0.1) is 0 Å². The fourth-order valence-electron chi connectivity index (χ4n) is 3.45. The van der Waals surface area contributed by atoms with E-state index in [9.17, 15) is 14.4 Å². The van der Waals surface area contributed by atoms with E-state index >= 15 is 0 Å². The Morgan fingerprint density at radius 3 is 2.62 bits per heavy atom. The van der Waals surface area contributed by atoms with Gasteiger partial charge in [0.1, 0.15) is 5.56 Å². The molecule has 0 atom stereocenters. The van der Waals surface area contributed by atoms with Crippen LogP contribution in [0.1, 0.15) is 57.8 Å². The van der Waals surface area contributed by atoms with Gasteiger partial charge in [0.15, 0.2) is 5.78 Å². The Kier molecular flexibility index (Phi) is 4.54. The molecular weight excluding hydrogens is 330 g/mol. The van der Waals surface area contributed by atoms with Crippen molar-refractivity contribution in [2.24, 2.45) is 11.1 Å². The van der Waals surface area contributed by atoms with Gasteiger partial charge in [0.25, 0.3) is 11.5 Å². The number of hydrogen-bond donors (Lipinski definition) is 3. The van der Waals surface area contributed by atoms with Crippen LogP contribution in [0.3, 0.4) is 0 Å². The zero-order valence-corrected chi connectivity index (χ0v) is 15.2. The quantitative estimate of drug-likeness (QED) is 0.788. The second-order valence-corrected chi connectivity index (χ2v) is 7.71. The highest BCUT2D eigenvalue weighted by atomic mass is 16.2. The van der Waals surface area contributed by atoms with Gasteiger partial charge in [-0.2, -0.15) is 0 Å². The molecule has 2 aromatic rings. The van der Waals surface area contributed by atoms with E-state index in [-0.39, 0.29) is 16.8 Å². The van der Waals surface area contributed by atoms with Gasteiger partial charge in [-0.05, 0) is 48.1 Å². The van der Waals surface area contributed by atoms with Crippen molar-refractivity contribution in [2.75, 3.05) is 5.32 Å². The summed E-state index contributed by atoms with van der Waals surface area (Å²) in [5, 5.41) is 2.73. The predicted molar refractivity (Wildman–Crippen MR) is 101 cm³/mol. The maximum Gasteiger partial charge on any atom is 0.261 e. The Hall–Kier alpha value is -2.73. The number of rotatable bonds is 3. The minimum Gasteiger partial charge on any atom is -0.326 e. The minimum absolute atomic E-state index is 0.0532. The van der Waals surface area contributed by atoms with Crippen LogP contribution in [0.4, 0.5) is 5.69 Å². The number of nitrogens with two attached hydrogens (primary N) is 1. The molecule has 0 unspecified atom stereocenters. The highest BCUT2D eigenvalue weighted by Gasteiger charge is 2.32. The zero-order valence-electron chi connectivity index (χ0n) is 15.2. The van der Waals surface area contributed by atoms with E-state index in [1.807, 2.05) is 26.8 Å². The van der Waals surface area contributed by atoms with Crippen LogP contribution < -0.4 is 16.6 Å². The maximum atomic E-state index is 12.6. The first-order chi connectivity index (χ1) is 12.2. The number of Topliss-reactive ketones (excluding diaryl/α,β-unsaturated/α-hetero) is 1. The second kappa shape index (κ2) is 6.53. The lowest BCUT2D eigenvalue weighted by Crippen LogP contribution is -2.32. The van der Waals surface area contributed by atoms with Crippen LogP contribution in [0.5, 0.6) is 0 Å². The van der Waals surface area contributed by atoms with Gasteiger partial charge >= 0.3 is 0 Å². The maximum absolute atomic E-state index is 12.6. The lowest BCUT2D eigenvalue weighted by atomic mass is 9.75. The van der Waals surface area contributed by atoms with E-state index in [1.165, 1.54) is 6.07 Å². The number of benzene rings is 1.